The molecule has 0 spiro atoms. The lowest BCUT2D eigenvalue weighted by Gasteiger charge is -2.06. The Hall–Kier alpha value is -1.27. The summed E-state index contributed by atoms with van der Waals surface area (Å²) in [5.41, 5.74) is 2.17. The van der Waals surface area contributed by atoms with Gasteiger partial charge in [-0.2, -0.15) is 5.10 Å². The third-order valence-corrected chi connectivity index (χ3v) is 4.65. The fourth-order valence-corrected chi connectivity index (χ4v) is 3.08. The number of anilines is 1. The Labute approximate surface area is 137 Å². The molecule has 0 aliphatic rings. The number of carbonyl (C=O) groups excluding carboxylic acids is 1. The van der Waals surface area contributed by atoms with Crippen LogP contribution in [0, 0.1) is 6.92 Å². The van der Waals surface area contributed by atoms with E-state index in [1.54, 1.807) is 0 Å². The second kappa shape index (κ2) is 7.13. The first-order valence-electron chi connectivity index (χ1n) is 6.70. The monoisotopic (exact) mass is 367 g/mol. The highest BCUT2D eigenvalue weighted by atomic mass is 79.9. The molecule has 1 heterocycles. The van der Waals surface area contributed by atoms with Gasteiger partial charge in [-0.25, -0.2) is 0 Å². The Morgan fingerprint density at radius 2 is 2.19 bits per heavy atom. The molecule has 4 nitrogen and oxygen atoms in total. The lowest BCUT2D eigenvalue weighted by molar-refractivity contribution is -0.113. The highest BCUT2D eigenvalue weighted by Crippen LogP contribution is 2.25. The van der Waals surface area contributed by atoms with E-state index in [1.165, 1.54) is 11.8 Å². The van der Waals surface area contributed by atoms with Gasteiger partial charge in [0.1, 0.15) is 0 Å². The molecular formula is C15H18BrN3OS. The molecule has 2 aromatic rings. The summed E-state index contributed by atoms with van der Waals surface area (Å²) in [5, 5.41) is 9.82. The molecule has 0 atom stereocenters. The van der Waals surface area contributed by atoms with Crippen molar-refractivity contribution in [1.29, 1.82) is 0 Å². The molecule has 2 N–H and O–H groups in total. The van der Waals surface area contributed by atoms with Crippen LogP contribution in [0.1, 0.15) is 31.0 Å². The zero-order valence-electron chi connectivity index (χ0n) is 12.2. The number of aromatic amines is 1. The Morgan fingerprint density at radius 3 is 2.81 bits per heavy atom. The van der Waals surface area contributed by atoms with Gasteiger partial charge >= 0.3 is 0 Å². The minimum Gasteiger partial charge on any atom is -0.308 e. The normalized spacial score (nSPS) is 10.9. The average molecular weight is 368 g/mol. The summed E-state index contributed by atoms with van der Waals surface area (Å²) in [5.74, 6) is 1.26. The van der Waals surface area contributed by atoms with Crippen LogP contribution in [-0.4, -0.2) is 21.9 Å². The smallest absolute Gasteiger partial charge is 0.235 e. The van der Waals surface area contributed by atoms with E-state index in [1.807, 2.05) is 31.2 Å². The molecule has 0 fully saturated rings. The van der Waals surface area contributed by atoms with E-state index in [0.717, 1.165) is 20.6 Å². The van der Waals surface area contributed by atoms with Gasteiger partial charge in [0.15, 0.2) is 5.82 Å². The maximum atomic E-state index is 11.9. The first kappa shape index (κ1) is 16.1. The molecule has 21 heavy (non-hydrogen) atoms. The van der Waals surface area contributed by atoms with Crippen molar-refractivity contribution in [2.45, 2.75) is 31.6 Å². The second-order valence-electron chi connectivity index (χ2n) is 5.11. The van der Waals surface area contributed by atoms with Crippen molar-refractivity contribution in [2.24, 2.45) is 0 Å². The van der Waals surface area contributed by atoms with Crippen LogP contribution in [0.3, 0.4) is 0 Å². The number of rotatable bonds is 5. The number of amides is 1. The number of nitrogens with zero attached hydrogens (tertiary/aromatic N) is 1. The number of thioether (sulfide) groups is 1. The summed E-state index contributed by atoms with van der Waals surface area (Å²) >= 11 is 4.96. The van der Waals surface area contributed by atoms with Gasteiger partial charge in [-0.05, 0) is 36.6 Å². The first-order chi connectivity index (χ1) is 9.95. The minimum atomic E-state index is -0.0517. The van der Waals surface area contributed by atoms with E-state index in [-0.39, 0.29) is 5.91 Å². The Bertz CT molecular complexity index is 640. The Balaban J connectivity index is 1.89. The molecule has 6 heteroatoms. The van der Waals surface area contributed by atoms with Crippen LogP contribution >= 0.6 is 27.7 Å². The predicted molar refractivity (Wildman–Crippen MR) is 90.9 cm³/mol. The standard InChI is InChI=1S/C15H18BrN3OS/c1-9(2)12-7-14(19-18-12)17-15(20)8-21-13-5-4-11(16)6-10(13)3/h4-7,9H,8H2,1-3H3,(H2,17,18,19,20). The van der Waals surface area contributed by atoms with Gasteiger partial charge in [-0.1, -0.05) is 29.8 Å². The van der Waals surface area contributed by atoms with E-state index in [0.29, 0.717) is 17.5 Å². The molecule has 0 aliphatic heterocycles. The number of carbonyl (C=O) groups is 1. The SMILES string of the molecule is Cc1cc(Br)ccc1SCC(=O)Nc1cc(C(C)C)[nH]n1. The summed E-state index contributed by atoms with van der Waals surface area (Å²) in [6.45, 7) is 6.18. The van der Waals surface area contributed by atoms with Crippen molar-refractivity contribution in [1.82, 2.24) is 10.2 Å². The van der Waals surface area contributed by atoms with Gasteiger partial charge in [0, 0.05) is 21.1 Å². The highest BCUT2D eigenvalue weighted by Gasteiger charge is 2.09. The van der Waals surface area contributed by atoms with Crippen molar-refractivity contribution in [3.63, 3.8) is 0 Å². The number of hydrogen-bond donors (Lipinski definition) is 2. The van der Waals surface area contributed by atoms with E-state index in [4.69, 9.17) is 0 Å². The summed E-state index contributed by atoms with van der Waals surface area (Å²) in [6.07, 6.45) is 0. The first-order valence-corrected chi connectivity index (χ1v) is 8.47. The molecule has 0 unspecified atom stereocenters. The molecule has 112 valence electrons. The number of aryl methyl sites for hydroxylation is 1. The van der Waals surface area contributed by atoms with Crippen LogP contribution in [-0.2, 0) is 4.79 Å². The van der Waals surface area contributed by atoms with E-state index in [2.05, 4.69) is 45.3 Å². The molecule has 1 amide bonds. The number of hydrogen-bond acceptors (Lipinski definition) is 3. The van der Waals surface area contributed by atoms with Crippen LogP contribution in [0.4, 0.5) is 5.82 Å². The van der Waals surface area contributed by atoms with Crippen LogP contribution in [0.5, 0.6) is 0 Å². The second-order valence-corrected chi connectivity index (χ2v) is 7.04. The molecule has 1 aromatic heterocycles. The molecule has 0 bridgehead atoms. The van der Waals surface area contributed by atoms with Crippen LogP contribution in [0.15, 0.2) is 33.6 Å². The quantitative estimate of drug-likeness (QED) is 0.772. The Morgan fingerprint density at radius 1 is 1.43 bits per heavy atom. The summed E-state index contributed by atoms with van der Waals surface area (Å²) in [4.78, 5) is 13.1. The number of nitrogens with one attached hydrogen (secondary N) is 2. The highest BCUT2D eigenvalue weighted by molar-refractivity contribution is 9.10. The van der Waals surface area contributed by atoms with E-state index < -0.39 is 0 Å². The number of halogens is 1. The zero-order chi connectivity index (χ0) is 15.4. The van der Waals surface area contributed by atoms with E-state index >= 15 is 0 Å². The van der Waals surface area contributed by atoms with Crippen LogP contribution in [0.2, 0.25) is 0 Å². The third-order valence-electron chi connectivity index (χ3n) is 2.98. The Kier molecular flexibility index (Phi) is 5.47. The minimum absolute atomic E-state index is 0.0517. The fraction of sp³-hybridized carbons (Fsp3) is 0.333. The lowest BCUT2D eigenvalue weighted by atomic mass is 10.1. The number of H-pyrrole nitrogens is 1. The van der Waals surface area contributed by atoms with Crippen molar-refractivity contribution >= 4 is 39.4 Å². The van der Waals surface area contributed by atoms with Gasteiger partial charge in [0.2, 0.25) is 5.91 Å². The lowest BCUT2D eigenvalue weighted by Crippen LogP contribution is -2.14. The molecule has 1 aromatic carbocycles. The number of benzene rings is 1. The van der Waals surface area contributed by atoms with Crippen LogP contribution in [0.25, 0.3) is 0 Å². The van der Waals surface area contributed by atoms with E-state index in [9.17, 15) is 4.79 Å². The third kappa shape index (κ3) is 4.61. The van der Waals surface area contributed by atoms with Crippen molar-refractivity contribution in [3.05, 3.63) is 40.0 Å². The van der Waals surface area contributed by atoms with Crippen molar-refractivity contribution < 1.29 is 4.79 Å². The number of aromatic nitrogens is 2. The van der Waals surface area contributed by atoms with Gasteiger partial charge in [0.05, 0.1) is 5.75 Å². The van der Waals surface area contributed by atoms with Gasteiger partial charge in [0.25, 0.3) is 0 Å². The maximum Gasteiger partial charge on any atom is 0.235 e. The van der Waals surface area contributed by atoms with Crippen molar-refractivity contribution in [2.75, 3.05) is 11.1 Å². The molecule has 2 rings (SSSR count). The topological polar surface area (TPSA) is 57.8 Å². The summed E-state index contributed by atoms with van der Waals surface area (Å²) in [7, 11) is 0. The van der Waals surface area contributed by atoms with Crippen molar-refractivity contribution in [3.8, 4) is 0 Å². The maximum absolute atomic E-state index is 11.9. The molecule has 0 saturated heterocycles. The average Bonchev–Trinajstić information content (AvgIpc) is 2.86. The molecule has 0 aliphatic carbocycles. The summed E-state index contributed by atoms with van der Waals surface area (Å²) in [6, 6.07) is 7.92. The van der Waals surface area contributed by atoms with Gasteiger partial charge in [-0.15, -0.1) is 11.8 Å². The zero-order valence-corrected chi connectivity index (χ0v) is 14.6. The molecular weight excluding hydrogens is 350 g/mol. The summed E-state index contributed by atoms with van der Waals surface area (Å²) < 4.78 is 1.05. The largest absolute Gasteiger partial charge is 0.308 e. The van der Waals surface area contributed by atoms with Crippen LogP contribution < -0.4 is 5.32 Å². The predicted octanol–water partition coefficient (Wildman–Crippen LogP) is 4.33. The fourth-order valence-electron chi connectivity index (χ4n) is 1.79. The van der Waals surface area contributed by atoms with Gasteiger partial charge in [-0.3, -0.25) is 9.89 Å². The van der Waals surface area contributed by atoms with Gasteiger partial charge < -0.3 is 5.32 Å². The molecule has 0 radical (unpaired) electrons. The molecule has 0 saturated carbocycles.